The smallest absolute Gasteiger partial charge is 0.0473 e. The van der Waals surface area contributed by atoms with Crippen LogP contribution in [0.2, 0.25) is 0 Å². The van der Waals surface area contributed by atoms with E-state index >= 15 is 0 Å². The second-order valence-corrected chi connectivity index (χ2v) is 5.68. The first-order chi connectivity index (χ1) is 8.63. The van der Waals surface area contributed by atoms with Gasteiger partial charge in [-0.1, -0.05) is 24.6 Å². The van der Waals surface area contributed by atoms with Crippen molar-refractivity contribution in [2.24, 2.45) is 5.73 Å². The zero-order valence-corrected chi connectivity index (χ0v) is 11.9. The van der Waals surface area contributed by atoms with Gasteiger partial charge in [-0.25, -0.2) is 0 Å². The molecule has 0 aromatic heterocycles. The summed E-state index contributed by atoms with van der Waals surface area (Å²) in [6.45, 7) is 8.60. The molecule has 100 valence electrons. The van der Waals surface area contributed by atoms with Crippen molar-refractivity contribution in [1.82, 2.24) is 4.90 Å². The van der Waals surface area contributed by atoms with Gasteiger partial charge in [0.25, 0.3) is 0 Å². The van der Waals surface area contributed by atoms with Crippen molar-refractivity contribution < 1.29 is 0 Å². The quantitative estimate of drug-likeness (QED) is 0.887. The van der Waals surface area contributed by atoms with Crippen LogP contribution < -0.4 is 5.73 Å². The Kier molecular flexibility index (Phi) is 4.41. The normalized spacial score (nSPS) is 23.0. The average molecular weight is 246 g/mol. The van der Waals surface area contributed by atoms with E-state index in [0.29, 0.717) is 18.6 Å². The Morgan fingerprint density at radius 3 is 2.67 bits per heavy atom. The molecule has 2 heteroatoms. The zero-order valence-electron chi connectivity index (χ0n) is 11.9. The fourth-order valence-electron chi connectivity index (χ4n) is 3.02. The largest absolute Gasteiger partial charge is 0.329 e. The highest BCUT2D eigenvalue weighted by molar-refractivity contribution is 5.32. The molecule has 2 unspecified atom stereocenters. The molecular weight excluding hydrogens is 220 g/mol. The molecule has 1 fully saturated rings. The highest BCUT2D eigenvalue weighted by Gasteiger charge is 2.26. The van der Waals surface area contributed by atoms with Crippen molar-refractivity contribution in [2.75, 3.05) is 13.1 Å². The van der Waals surface area contributed by atoms with Gasteiger partial charge < -0.3 is 5.73 Å². The maximum atomic E-state index is 6.04. The van der Waals surface area contributed by atoms with Gasteiger partial charge in [-0.15, -0.1) is 0 Å². The molecule has 1 aromatic rings. The molecule has 0 aliphatic carbocycles. The minimum atomic E-state index is 0.389. The van der Waals surface area contributed by atoms with E-state index in [1.807, 2.05) is 0 Å². The molecule has 1 saturated heterocycles. The van der Waals surface area contributed by atoms with E-state index in [1.54, 1.807) is 0 Å². The van der Waals surface area contributed by atoms with Crippen LogP contribution in [0.4, 0.5) is 0 Å². The summed E-state index contributed by atoms with van der Waals surface area (Å²) < 4.78 is 0. The van der Waals surface area contributed by atoms with Crippen molar-refractivity contribution in [1.29, 1.82) is 0 Å². The predicted molar refractivity (Wildman–Crippen MR) is 77.7 cm³/mol. The number of likely N-dealkylation sites (tertiary alicyclic amines) is 1. The Bertz CT molecular complexity index is 400. The van der Waals surface area contributed by atoms with E-state index < -0.39 is 0 Å². The number of hydrogen-bond acceptors (Lipinski definition) is 2. The van der Waals surface area contributed by atoms with Crippen LogP contribution in [0, 0.1) is 13.8 Å². The van der Waals surface area contributed by atoms with Gasteiger partial charge in [-0.2, -0.15) is 0 Å². The van der Waals surface area contributed by atoms with Crippen molar-refractivity contribution in [2.45, 2.75) is 52.1 Å². The molecule has 2 rings (SSSR count). The summed E-state index contributed by atoms with van der Waals surface area (Å²) in [5.74, 6) is 0. The Balaban J connectivity index is 2.23. The third kappa shape index (κ3) is 2.76. The summed E-state index contributed by atoms with van der Waals surface area (Å²) >= 11 is 0. The number of piperidine rings is 1. The lowest BCUT2D eigenvalue weighted by atomic mass is 9.95. The van der Waals surface area contributed by atoms with Crippen molar-refractivity contribution in [3.63, 3.8) is 0 Å². The summed E-state index contributed by atoms with van der Waals surface area (Å²) in [5, 5.41) is 0. The van der Waals surface area contributed by atoms with Gasteiger partial charge in [0.2, 0.25) is 0 Å². The molecule has 1 aliphatic heterocycles. The fourth-order valence-corrected chi connectivity index (χ4v) is 3.02. The Morgan fingerprint density at radius 2 is 2.06 bits per heavy atom. The van der Waals surface area contributed by atoms with Gasteiger partial charge in [0.15, 0.2) is 0 Å². The Hall–Kier alpha value is -0.860. The van der Waals surface area contributed by atoms with Crippen LogP contribution in [0.15, 0.2) is 18.2 Å². The van der Waals surface area contributed by atoms with Gasteiger partial charge in [0.05, 0.1) is 0 Å². The summed E-state index contributed by atoms with van der Waals surface area (Å²) in [7, 11) is 0. The van der Waals surface area contributed by atoms with Crippen LogP contribution in [0.3, 0.4) is 0 Å². The topological polar surface area (TPSA) is 29.3 Å². The predicted octanol–water partition coefficient (Wildman–Crippen LogP) is 3.18. The zero-order chi connectivity index (χ0) is 13.1. The third-order valence-electron chi connectivity index (χ3n) is 4.39. The van der Waals surface area contributed by atoms with Crippen molar-refractivity contribution >= 4 is 0 Å². The monoisotopic (exact) mass is 246 g/mol. The van der Waals surface area contributed by atoms with Crippen LogP contribution in [0.25, 0.3) is 0 Å². The molecule has 1 aromatic carbocycles. The van der Waals surface area contributed by atoms with Gasteiger partial charge in [-0.05, 0) is 56.8 Å². The molecule has 0 spiro atoms. The number of nitrogens with two attached hydrogens (primary N) is 1. The van der Waals surface area contributed by atoms with E-state index in [4.69, 9.17) is 5.73 Å². The molecule has 2 atom stereocenters. The first-order valence-electron chi connectivity index (χ1n) is 7.16. The second-order valence-electron chi connectivity index (χ2n) is 5.68. The van der Waals surface area contributed by atoms with E-state index in [9.17, 15) is 0 Å². The summed E-state index contributed by atoms with van der Waals surface area (Å²) in [5.41, 5.74) is 10.2. The van der Waals surface area contributed by atoms with Gasteiger partial charge in [0, 0.05) is 18.6 Å². The van der Waals surface area contributed by atoms with Crippen LogP contribution >= 0.6 is 0 Å². The third-order valence-corrected chi connectivity index (χ3v) is 4.39. The first-order valence-corrected chi connectivity index (χ1v) is 7.16. The highest BCUT2D eigenvalue weighted by atomic mass is 15.2. The van der Waals surface area contributed by atoms with E-state index in [1.165, 1.54) is 42.5 Å². The molecule has 0 amide bonds. The lowest BCUT2D eigenvalue weighted by molar-refractivity contribution is 0.109. The number of hydrogen-bond donors (Lipinski definition) is 1. The lowest BCUT2D eigenvalue weighted by Crippen LogP contribution is -2.43. The standard InChI is InChI=1S/C16H26N2/c1-12-7-8-15(10-13(12)2)16(11-17)18-9-5-4-6-14(18)3/h7-8,10,14,16H,4-6,9,11,17H2,1-3H3. The number of benzene rings is 1. The Labute approximate surface area is 111 Å². The minimum absolute atomic E-state index is 0.389. The van der Waals surface area contributed by atoms with Gasteiger partial charge in [0.1, 0.15) is 0 Å². The van der Waals surface area contributed by atoms with Gasteiger partial charge in [-0.3, -0.25) is 4.90 Å². The van der Waals surface area contributed by atoms with Crippen LogP contribution in [-0.2, 0) is 0 Å². The summed E-state index contributed by atoms with van der Waals surface area (Å²) in [6.07, 6.45) is 3.98. The highest BCUT2D eigenvalue weighted by Crippen LogP contribution is 2.28. The molecular formula is C16H26N2. The minimum Gasteiger partial charge on any atom is -0.329 e. The Morgan fingerprint density at radius 1 is 1.28 bits per heavy atom. The van der Waals surface area contributed by atoms with Crippen molar-refractivity contribution in [3.8, 4) is 0 Å². The lowest BCUT2D eigenvalue weighted by Gasteiger charge is -2.39. The van der Waals surface area contributed by atoms with E-state index in [-0.39, 0.29) is 0 Å². The van der Waals surface area contributed by atoms with Gasteiger partial charge >= 0.3 is 0 Å². The molecule has 1 aliphatic rings. The SMILES string of the molecule is Cc1ccc(C(CN)N2CCCCC2C)cc1C. The number of rotatable bonds is 3. The van der Waals surface area contributed by atoms with E-state index in [0.717, 1.165) is 0 Å². The molecule has 0 bridgehead atoms. The molecule has 0 radical (unpaired) electrons. The number of nitrogens with zero attached hydrogens (tertiary/aromatic N) is 1. The molecule has 2 nitrogen and oxygen atoms in total. The average Bonchev–Trinajstić information content (AvgIpc) is 2.37. The first kappa shape index (κ1) is 13.6. The molecule has 18 heavy (non-hydrogen) atoms. The second kappa shape index (κ2) is 5.85. The van der Waals surface area contributed by atoms with E-state index in [2.05, 4.69) is 43.9 Å². The van der Waals surface area contributed by atoms with Crippen molar-refractivity contribution in [3.05, 3.63) is 34.9 Å². The maximum Gasteiger partial charge on any atom is 0.0473 e. The maximum absolute atomic E-state index is 6.04. The van der Waals surface area contributed by atoms with Crippen LogP contribution in [0.5, 0.6) is 0 Å². The molecule has 0 saturated carbocycles. The van der Waals surface area contributed by atoms with Crippen LogP contribution in [0.1, 0.15) is 48.9 Å². The molecule has 1 heterocycles. The molecule has 2 N–H and O–H groups in total. The summed E-state index contributed by atoms with van der Waals surface area (Å²) in [6, 6.07) is 7.84. The number of aryl methyl sites for hydroxylation is 2. The summed E-state index contributed by atoms with van der Waals surface area (Å²) in [4.78, 5) is 2.59. The fraction of sp³-hybridized carbons (Fsp3) is 0.625. The van der Waals surface area contributed by atoms with Crippen LogP contribution in [-0.4, -0.2) is 24.0 Å².